The van der Waals surface area contributed by atoms with E-state index in [1.54, 1.807) is 26.0 Å². The second-order valence-electron chi connectivity index (χ2n) is 11.1. The van der Waals surface area contributed by atoms with Gasteiger partial charge in [-0.25, -0.2) is 9.59 Å². The summed E-state index contributed by atoms with van der Waals surface area (Å²) in [4.78, 5) is 25.8. The molecule has 0 unspecified atom stereocenters. The molecule has 0 spiro atoms. The maximum Gasteiger partial charge on any atom is 0.338 e. The minimum Gasteiger partial charge on any atom is -0.490 e. The Morgan fingerprint density at radius 3 is 1.24 bits per heavy atom. The number of hydrogen-bond acceptors (Lipinski definition) is 10. The fraction of sp³-hybridized carbons (Fsp3) is 0.400. The van der Waals surface area contributed by atoms with E-state index in [0.29, 0.717) is 29.0 Å². The molecule has 0 aliphatic carbocycles. The van der Waals surface area contributed by atoms with Crippen LogP contribution in [-0.4, -0.2) is 51.6 Å². The average molecular weight is 691 g/mol. The van der Waals surface area contributed by atoms with Crippen LogP contribution in [0, 0.1) is 0 Å². The zero-order chi connectivity index (χ0) is 36.8. The molecule has 3 aromatic rings. The average Bonchev–Trinajstić information content (AvgIpc) is 3.09. The first-order valence-electron chi connectivity index (χ1n) is 17.0. The van der Waals surface area contributed by atoms with Crippen LogP contribution in [0.1, 0.15) is 78.0 Å². The maximum atomic E-state index is 12.9. The van der Waals surface area contributed by atoms with Gasteiger partial charge in [0.2, 0.25) is 23.0 Å². The summed E-state index contributed by atoms with van der Waals surface area (Å²) in [6, 6.07) is 13.5. The quantitative estimate of drug-likeness (QED) is 0.0651. The first kappa shape index (κ1) is 39.3. The lowest BCUT2D eigenvalue weighted by atomic mass is 9.83. The fourth-order valence-electron chi connectivity index (χ4n) is 5.21. The molecule has 0 saturated heterocycles. The molecule has 0 aliphatic heterocycles. The monoisotopic (exact) mass is 690 g/mol. The Morgan fingerprint density at radius 1 is 0.540 bits per heavy atom. The van der Waals surface area contributed by atoms with Crippen molar-refractivity contribution in [2.45, 2.75) is 67.7 Å². The van der Waals surface area contributed by atoms with E-state index >= 15 is 0 Å². The SMILES string of the molecule is C=C(C)C(=O)Oc1c(OCC)cc(C(Cc2ccccc2)c2cc(OCC)c(OC(=O)C(=C)C)c(OCC)c2OCC)c(OCC)c1OCC. The van der Waals surface area contributed by atoms with Gasteiger partial charge in [0, 0.05) is 28.2 Å². The molecule has 50 heavy (non-hydrogen) atoms. The standard InChI is InChI=1S/C40H50O10/c1-11-43-31-23-29(33(45-13-3)37(47-15-5)35(31)49-39(41)25(7)8)28(22-27-20-18-17-19-21-27)30-24-32(44-12-2)36(50-40(42)26(9)10)38(48-16-6)34(30)46-14-4/h17-21,23-24,28H,7,9,11-16,22H2,1-6,8,10H3. The van der Waals surface area contributed by atoms with Gasteiger partial charge in [0.05, 0.1) is 39.6 Å². The Hall–Kier alpha value is -5.12. The van der Waals surface area contributed by atoms with Crippen LogP contribution in [0.4, 0.5) is 0 Å². The van der Waals surface area contributed by atoms with Gasteiger partial charge in [-0.1, -0.05) is 43.5 Å². The Kier molecular flexibility index (Phi) is 15.1. The minimum absolute atomic E-state index is 0.0875. The lowest BCUT2D eigenvalue weighted by molar-refractivity contribution is -0.131. The highest BCUT2D eigenvalue weighted by Crippen LogP contribution is 2.55. The highest BCUT2D eigenvalue weighted by atomic mass is 16.6. The third kappa shape index (κ3) is 9.52. The Morgan fingerprint density at radius 2 is 0.900 bits per heavy atom. The summed E-state index contributed by atoms with van der Waals surface area (Å²) in [5.41, 5.74) is 2.74. The number of rotatable bonds is 20. The van der Waals surface area contributed by atoms with Crippen molar-refractivity contribution in [2.75, 3.05) is 39.6 Å². The van der Waals surface area contributed by atoms with Gasteiger partial charge in [0.1, 0.15) is 0 Å². The lowest BCUT2D eigenvalue weighted by Crippen LogP contribution is -2.16. The molecule has 0 atom stereocenters. The van der Waals surface area contributed by atoms with Crippen LogP contribution in [0.2, 0.25) is 0 Å². The summed E-state index contributed by atoms with van der Waals surface area (Å²) >= 11 is 0. The Balaban J connectivity index is 2.57. The summed E-state index contributed by atoms with van der Waals surface area (Å²) in [6.45, 7) is 23.2. The van der Waals surface area contributed by atoms with Gasteiger partial charge in [-0.2, -0.15) is 0 Å². The molecular weight excluding hydrogens is 640 g/mol. The van der Waals surface area contributed by atoms with Crippen LogP contribution in [0.25, 0.3) is 0 Å². The second-order valence-corrected chi connectivity index (χ2v) is 11.1. The van der Waals surface area contributed by atoms with Crippen molar-refractivity contribution in [2.24, 2.45) is 0 Å². The molecule has 0 N–H and O–H groups in total. The van der Waals surface area contributed by atoms with Crippen molar-refractivity contribution < 1.29 is 47.5 Å². The first-order chi connectivity index (χ1) is 24.1. The predicted molar refractivity (Wildman–Crippen MR) is 193 cm³/mol. The van der Waals surface area contributed by atoms with E-state index in [2.05, 4.69) is 13.2 Å². The van der Waals surface area contributed by atoms with Crippen LogP contribution < -0.4 is 37.9 Å². The van der Waals surface area contributed by atoms with Crippen molar-refractivity contribution >= 4 is 11.9 Å². The Bertz CT molecular complexity index is 1540. The van der Waals surface area contributed by atoms with Crippen LogP contribution in [0.3, 0.4) is 0 Å². The normalized spacial score (nSPS) is 10.7. The number of esters is 2. The summed E-state index contributed by atoms with van der Waals surface area (Å²) in [6.07, 6.45) is 0.449. The summed E-state index contributed by atoms with van der Waals surface area (Å²) in [5.74, 6) is 0.0883. The van der Waals surface area contributed by atoms with Crippen LogP contribution >= 0.6 is 0 Å². The molecule has 0 heterocycles. The molecule has 3 rings (SSSR count). The fourth-order valence-corrected chi connectivity index (χ4v) is 5.21. The molecule has 10 nitrogen and oxygen atoms in total. The highest BCUT2D eigenvalue weighted by molar-refractivity contribution is 5.91. The topological polar surface area (TPSA) is 108 Å². The lowest BCUT2D eigenvalue weighted by Gasteiger charge is -2.29. The van der Waals surface area contributed by atoms with Gasteiger partial charge in [-0.05, 0) is 79.5 Å². The van der Waals surface area contributed by atoms with Crippen LogP contribution in [0.5, 0.6) is 46.0 Å². The van der Waals surface area contributed by atoms with Gasteiger partial charge in [-0.15, -0.1) is 0 Å². The zero-order valence-corrected chi connectivity index (χ0v) is 30.6. The van der Waals surface area contributed by atoms with Crippen molar-refractivity contribution in [1.82, 2.24) is 0 Å². The molecule has 0 saturated carbocycles. The molecule has 0 bridgehead atoms. The van der Waals surface area contributed by atoms with E-state index in [0.717, 1.165) is 5.56 Å². The van der Waals surface area contributed by atoms with Gasteiger partial charge >= 0.3 is 11.9 Å². The van der Waals surface area contributed by atoms with E-state index < -0.39 is 17.9 Å². The van der Waals surface area contributed by atoms with Crippen molar-refractivity contribution in [1.29, 1.82) is 0 Å². The zero-order valence-electron chi connectivity index (χ0n) is 30.6. The van der Waals surface area contributed by atoms with Gasteiger partial charge < -0.3 is 37.9 Å². The maximum absolute atomic E-state index is 12.9. The number of ether oxygens (including phenoxy) is 8. The summed E-state index contributed by atoms with van der Waals surface area (Å²) < 4.78 is 49.0. The van der Waals surface area contributed by atoms with Gasteiger partial charge in [0.15, 0.2) is 23.0 Å². The Labute approximate surface area is 295 Å². The predicted octanol–water partition coefficient (Wildman–Crippen LogP) is 8.42. The van der Waals surface area contributed by atoms with Crippen molar-refractivity contribution in [3.63, 3.8) is 0 Å². The number of benzene rings is 3. The first-order valence-corrected chi connectivity index (χ1v) is 17.0. The molecule has 0 amide bonds. The van der Waals surface area contributed by atoms with Gasteiger partial charge in [-0.3, -0.25) is 0 Å². The van der Waals surface area contributed by atoms with E-state index in [4.69, 9.17) is 37.9 Å². The van der Waals surface area contributed by atoms with E-state index in [-0.39, 0.29) is 85.3 Å². The molecule has 3 aromatic carbocycles. The van der Waals surface area contributed by atoms with E-state index in [1.807, 2.05) is 71.9 Å². The molecule has 0 aromatic heterocycles. The molecule has 270 valence electrons. The van der Waals surface area contributed by atoms with Crippen molar-refractivity contribution in [3.05, 3.63) is 83.5 Å². The van der Waals surface area contributed by atoms with Crippen molar-refractivity contribution in [3.8, 4) is 46.0 Å². The third-order valence-corrected chi connectivity index (χ3v) is 7.24. The van der Waals surface area contributed by atoms with E-state index in [9.17, 15) is 9.59 Å². The molecular formula is C40H50O10. The highest BCUT2D eigenvalue weighted by Gasteiger charge is 2.35. The minimum atomic E-state index is -0.635. The number of carbonyl (C=O) groups excluding carboxylic acids is 2. The molecule has 0 aliphatic rings. The molecule has 0 fully saturated rings. The summed E-state index contributed by atoms with van der Waals surface area (Å²) in [5, 5.41) is 0. The second kappa shape index (κ2) is 19.2. The van der Waals surface area contributed by atoms with Crippen LogP contribution in [-0.2, 0) is 16.0 Å². The molecule has 10 heteroatoms. The van der Waals surface area contributed by atoms with Crippen LogP contribution in [0.15, 0.2) is 66.8 Å². The smallest absolute Gasteiger partial charge is 0.338 e. The summed E-state index contributed by atoms with van der Waals surface area (Å²) in [7, 11) is 0. The third-order valence-electron chi connectivity index (χ3n) is 7.24. The largest absolute Gasteiger partial charge is 0.490 e. The number of hydrogen-bond donors (Lipinski definition) is 0. The van der Waals surface area contributed by atoms with E-state index in [1.165, 1.54) is 0 Å². The molecule has 0 radical (unpaired) electrons. The number of carbonyl (C=O) groups is 2. The van der Waals surface area contributed by atoms with Gasteiger partial charge in [0.25, 0.3) is 0 Å².